The number of aryl methyl sites for hydroxylation is 1. The van der Waals surface area contributed by atoms with Crippen molar-refractivity contribution < 1.29 is 18.3 Å². The minimum Gasteiger partial charge on any atom is -0.490 e. The Morgan fingerprint density at radius 1 is 1.13 bits per heavy atom. The average molecular weight is 324 g/mol. The van der Waals surface area contributed by atoms with E-state index in [9.17, 15) is 8.78 Å². The van der Waals surface area contributed by atoms with Crippen molar-refractivity contribution in [2.24, 2.45) is 11.8 Å². The third-order valence-corrected chi connectivity index (χ3v) is 5.18. The second-order valence-corrected chi connectivity index (χ2v) is 7.05. The summed E-state index contributed by atoms with van der Waals surface area (Å²) in [6, 6.07) is 1.66. The van der Waals surface area contributed by atoms with E-state index < -0.39 is 11.6 Å². The zero-order valence-electron chi connectivity index (χ0n) is 14.0. The molecule has 1 saturated carbocycles. The summed E-state index contributed by atoms with van der Waals surface area (Å²) in [5, 5.41) is 0. The summed E-state index contributed by atoms with van der Waals surface area (Å²) >= 11 is 0. The number of hydrogen-bond acceptors (Lipinski definition) is 2. The van der Waals surface area contributed by atoms with Crippen LogP contribution in [0.2, 0.25) is 0 Å². The van der Waals surface area contributed by atoms with E-state index in [1.807, 2.05) is 0 Å². The van der Waals surface area contributed by atoms with Gasteiger partial charge in [-0.3, -0.25) is 0 Å². The third kappa shape index (κ3) is 3.85. The molecule has 1 unspecified atom stereocenters. The van der Waals surface area contributed by atoms with Gasteiger partial charge in [-0.2, -0.15) is 4.39 Å². The molecule has 23 heavy (non-hydrogen) atoms. The largest absolute Gasteiger partial charge is 0.490 e. The Labute approximate surface area is 137 Å². The summed E-state index contributed by atoms with van der Waals surface area (Å²) in [6.45, 7) is 4.94. The maximum absolute atomic E-state index is 14.3. The van der Waals surface area contributed by atoms with Crippen LogP contribution in [0.3, 0.4) is 0 Å². The summed E-state index contributed by atoms with van der Waals surface area (Å²) in [7, 11) is 0. The molecule has 2 fully saturated rings. The normalized spacial score (nSPS) is 27.0. The summed E-state index contributed by atoms with van der Waals surface area (Å²) in [4.78, 5) is 0. The molecule has 1 aromatic carbocycles. The molecular weight excluding hydrogens is 298 g/mol. The van der Waals surface area contributed by atoms with Crippen LogP contribution in [0.15, 0.2) is 6.07 Å². The average Bonchev–Trinajstić information content (AvgIpc) is 3.37. The number of rotatable bonds is 6. The van der Waals surface area contributed by atoms with Crippen molar-refractivity contribution in [3.8, 4) is 5.75 Å². The Hall–Kier alpha value is -1.16. The molecule has 0 spiro atoms. The monoisotopic (exact) mass is 324 g/mol. The van der Waals surface area contributed by atoms with Gasteiger partial charge in [0.05, 0.1) is 13.2 Å². The van der Waals surface area contributed by atoms with Crippen LogP contribution in [0.25, 0.3) is 0 Å². The van der Waals surface area contributed by atoms with Crippen molar-refractivity contribution in [1.82, 2.24) is 0 Å². The summed E-state index contributed by atoms with van der Waals surface area (Å²) in [6.07, 6.45) is 6.98. The molecule has 2 aliphatic rings. The van der Waals surface area contributed by atoms with Crippen molar-refractivity contribution in [3.05, 3.63) is 28.8 Å². The summed E-state index contributed by atoms with van der Waals surface area (Å²) in [5.41, 5.74) is 0.960. The highest BCUT2D eigenvalue weighted by Gasteiger charge is 2.31. The van der Waals surface area contributed by atoms with Gasteiger partial charge in [0.1, 0.15) is 6.10 Å². The molecule has 0 aromatic heterocycles. The molecular formula is C19H26F2O2. The van der Waals surface area contributed by atoms with Crippen LogP contribution < -0.4 is 4.74 Å². The number of benzene rings is 1. The van der Waals surface area contributed by atoms with Crippen LogP contribution in [0.5, 0.6) is 5.75 Å². The molecule has 128 valence electrons. The minimum atomic E-state index is -0.866. The SMILES string of the molecule is CCCC1CCC(COc2c(C)cc(C3CO3)c(F)c2F)CC1. The highest BCUT2D eigenvalue weighted by Crippen LogP contribution is 2.38. The third-order valence-electron chi connectivity index (χ3n) is 5.18. The van der Waals surface area contributed by atoms with Gasteiger partial charge in [0.15, 0.2) is 11.6 Å². The molecule has 1 heterocycles. The van der Waals surface area contributed by atoms with Crippen LogP contribution >= 0.6 is 0 Å². The molecule has 2 nitrogen and oxygen atoms in total. The van der Waals surface area contributed by atoms with Gasteiger partial charge >= 0.3 is 0 Å². The fourth-order valence-corrected chi connectivity index (χ4v) is 3.70. The van der Waals surface area contributed by atoms with Crippen molar-refractivity contribution in [3.63, 3.8) is 0 Å². The molecule has 3 rings (SSSR count). The lowest BCUT2D eigenvalue weighted by Gasteiger charge is -2.28. The van der Waals surface area contributed by atoms with Gasteiger partial charge < -0.3 is 9.47 Å². The van der Waals surface area contributed by atoms with Crippen LogP contribution in [0, 0.1) is 30.4 Å². The molecule has 1 aliphatic carbocycles. The maximum Gasteiger partial charge on any atom is 0.201 e. The number of hydrogen-bond donors (Lipinski definition) is 0. The van der Waals surface area contributed by atoms with Crippen LogP contribution in [-0.4, -0.2) is 13.2 Å². The van der Waals surface area contributed by atoms with Gasteiger partial charge in [-0.25, -0.2) is 4.39 Å². The van der Waals surface area contributed by atoms with Crippen molar-refractivity contribution in [1.29, 1.82) is 0 Å². The molecule has 0 N–H and O–H groups in total. The Morgan fingerprint density at radius 2 is 1.78 bits per heavy atom. The van der Waals surface area contributed by atoms with E-state index in [2.05, 4.69) is 6.92 Å². The van der Waals surface area contributed by atoms with Crippen molar-refractivity contribution in [2.75, 3.05) is 13.2 Å². The van der Waals surface area contributed by atoms with Crippen molar-refractivity contribution >= 4 is 0 Å². The van der Waals surface area contributed by atoms with Gasteiger partial charge in [-0.15, -0.1) is 0 Å². The van der Waals surface area contributed by atoms with E-state index in [0.29, 0.717) is 30.3 Å². The quantitative estimate of drug-likeness (QED) is 0.660. The van der Waals surface area contributed by atoms with E-state index in [1.54, 1.807) is 13.0 Å². The fourth-order valence-electron chi connectivity index (χ4n) is 3.70. The highest BCUT2D eigenvalue weighted by molar-refractivity contribution is 5.40. The molecule has 1 aromatic rings. The van der Waals surface area contributed by atoms with Gasteiger partial charge in [0, 0.05) is 5.56 Å². The van der Waals surface area contributed by atoms with E-state index in [0.717, 1.165) is 18.8 Å². The first-order chi connectivity index (χ1) is 11.1. The van der Waals surface area contributed by atoms with Gasteiger partial charge in [0.2, 0.25) is 5.82 Å². The first-order valence-electron chi connectivity index (χ1n) is 8.83. The number of ether oxygens (including phenoxy) is 2. The lowest BCUT2D eigenvalue weighted by atomic mass is 9.80. The molecule has 1 aliphatic heterocycles. The Bertz CT molecular complexity index is 547. The second-order valence-electron chi connectivity index (χ2n) is 7.05. The topological polar surface area (TPSA) is 21.8 Å². The molecule has 1 atom stereocenters. The van der Waals surface area contributed by atoms with Gasteiger partial charge in [-0.05, 0) is 43.2 Å². The zero-order chi connectivity index (χ0) is 16.4. The lowest BCUT2D eigenvalue weighted by Crippen LogP contribution is -2.20. The Balaban J connectivity index is 1.59. The van der Waals surface area contributed by atoms with Gasteiger partial charge in [-0.1, -0.05) is 32.6 Å². The lowest BCUT2D eigenvalue weighted by molar-refractivity contribution is 0.172. The predicted octanol–water partition coefficient (Wildman–Crippen LogP) is 5.33. The predicted molar refractivity (Wildman–Crippen MR) is 85.6 cm³/mol. The van der Waals surface area contributed by atoms with Crippen molar-refractivity contribution in [2.45, 2.75) is 58.5 Å². The first-order valence-corrected chi connectivity index (χ1v) is 8.83. The van der Waals surface area contributed by atoms with Crippen LogP contribution in [0.4, 0.5) is 8.78 Å². The molecule has 0 radical (unpaired) electrons. The van der Waals surface area contributed by atoms with E-state index >= 15 is 0 Å². The first kappa shape index (κ1) is 16.7. The van der Waals surface area contributed by atoms with E-state index in [1.165, 1.54) is 25.7 Å². The number of epoxide rings is 1. The summed E-state index contributed by atoms with van der Waals surface area (Å²) < 4.78 is 39.1. The molecule has 1 saturated heterocycles. The Kier molecular flexibility index (Phi) is 5.20. The van der Waals surface area contributed by atoms with E-state index in [4.69, 9.17) is 9.47 Å². The van der Waals surface area contributed by atoms with E-state index in [-0.39, 0.29) is 11.9 Å². The smallest absolute Gasteiger partial charge is 0.201 e. The molecule has 0 amide bonds. The fraction of sp³-hybridized carbons (Fsp3) is 0.684. The van der Waals surface area contributed by atoms with Crippen LogP contribution in [0.1, 0.15) is 62.7 Å². The Morgan fingerprint density at radius 3 is 2.39 bits per heavy atom. The standard InChI is InChI=1S/C19H26F2O2/c1-3-4-13-5-7-14(8-6-13)10-23-19-12(2)9-15(16-11-22-16)17(20)18(19)21/h9,13-14,16H,3-8,10-11H2,1-2H3. The molecule has 4 heteroatoms. The number of halogens is 2. The summed E-state index contributed by atoms with van der Waals surface area (Å²) in [5.74, 6) is -0.320. The molecule has 0 bridgehead atoms. The van der Waals surface area contributed by atoms with Crippen LogP contribution in [-0.2, 0) is 4.74 Å². The second kappa shape index (κ2) is 7.16. The minimum absolute atomic E-state index is 0.0718. The van der Waals surface area contributed by atoms with Gasteiger partial charge in [0.25, 0.3) is 0 Å². The highest BCUT2D eigenvalue weighted by atomic mass is 19.2. The zero-order valence-corrected chi connectivity index (χ0v) is 14.0. The maximum atomic E-state index is 14.3.